The number of morpholine rings is 1. The number of halogens is 1. The van der Waals surface area contributed by atoms with Crippen molar-refractivity contribution < 1.29 is 22.7 Å². The maximum Gasteiger partial charge on any atom is 0.246 e. The van der Waals surface area contributed by atoms with Crippen LogP contribution in [0.4, 0.5) is 5.69 Å². The molecule has 0 spiro atoms. The second-order valence-corrected chi connectivity index (χ2v) is 8.58. The molecule has 0 saturated carbocycles. The Kier molecular flexibility index (Phi) is 6.56. The van der Waals surface area contributed by atoms with E-state index in [4.69, 9.17) is 21.1 Å². The van der Waals surface area contributed by atoms with Crippen molar-refractivity contribution in [2.75, 3.05) is 38.7 Å². The van der Waals surface area contributed by atoms with Crippen molar-refractivity contribution in [1.29, 1.82) is 0 Å². The van der Waals surface area contributed by atoms with Crippen LogP contribution < -0.4 is 10.1 Å². The van der Waals surface area contributed by atoms with Crippen molar-refractivity contribution in [3.05, 3.63) is 53.1 Å². The number of nitrogens with one attached hydrogen (secondary N) is 1. The van der Waals surface area contributed by atoms with Gasteiger partial charge in [-0.15, -0.1) is 0 Å². The molecule has 150 valence electrons. The lowest BCUT2D eigenvalue weighted by atomic mass is 10.1. The van der Waals surface area contributed by atoms with Gasteiger partial charge in [-0.25, -0.2) is 8.42 Å². The molecule has 1 N–H and O–H groups in total. The van der Waals surface area contributed by atoms with Gasteiger partial charge in [0.25, 0.3) is 0 Å². The fraction of sp³-hybridized carbons (Fsp3) is 0.316. The van der Waals surface area contributed by atoms with Crippen molar-refractivity contribution in [3.8, 4) is 5.75 Å². The number of methoxy groups -OCH3 is 1. The van der Waals surface area contributed by atoms with Gasteiger partial charge in [0.2, 0.25) is 15.9 Å². The molecule has 1 saturated heterocycles. The summed E-state index contributed by atoms with van der Waals surface area (Å²) in [7, 11) is -2.33. The van der Waals surface area contributed by atoms with Crippen molar-refractivity contribution in [1.82, 2.24) is 4.31 Å². The van der Waals surface area contributed by atoms with E-state index in [1.807, 2.05) is 0 Å². The number of hydrogen-bond donors (Lipinski definition) is 1. The summed E-state index contributed by atoms with van der Waals surface area (Å²) in [5.74, 6) is -0.0180. The minimum absolute atomic E-state index is 0.0260. The Hall–Kier alpha value is -2.13. The van der Waals surface area contributed by atoms with Crippen LogP contribution in [0.15, 0.2) is 47.4 Å². The molecular formula is C19H21ClN2O5S. The molecule has 0 aliphatic carbocycles. The Morgan fingerprint density at radius 1 is 1.18 bits per heavy atom. The predicted octanol–water partition coefficient (Wildman–Crippen LogP) is 2.55. The standard InChI is InChI=1S/C19H21ClN2O5S/c1-26-17-7-2-14(13-19(23)21-16-5-3-15(20)4-6-16)12-18(17)28(24,25)22-8-10-27-11-9-22/h2-7,12H,8-11,13H2,1H3,(H,21,23). The Bertz CT molecular complexity index is 941. The van der Waals surface area contributed by atoms with Gasteiger partial charge >= 0.3 is 0 Å². The van der Waals surface area contributed by atoms with Crippen LogP contribution in [0.2, 0.25) is 5.02 Å². The molecule has 1 heterocycles. The average molecular weight is 425 g/mol. The van der Waals surface area contributed by atoms with Crippen LogP contribution in [0.25, 0.3) is 0 Å². The molecule has 0 radical (unpaired) electrons. The van der Waals surface area contributed by atoms with Gasteiger partial charge in [-0.1, -0.05) is 17.7 Å². The number of ether oxygens (including phenoxy) is 2. The first-order valence-electron chi connectivity index (χ1n) is 8.70. The van der Waals surface area contributed by atoms with Crippen LogP contribution in [-0.4, -0.2) is 52.0 Å². The van der Waals surface area contributed by atoms with E-state index < -0.39 is 10.0 Å². The first-order valence-corrected chi connectivity index (χ1v) is 10.5. The van der Waals surface area contributed by atoms with Crippen molar-refractivity contribution in [2.45, 2.75) is 11.3 Å². The van der Waals surface area contributed by atoms with Crippen LogP contribution >= 0.6 is 11.6 Å². The summed E-state index contributed by atoms with van der Waals surface area (Å²) >= 11 is 5.84. The molecule has 2 aromatic carbocycles. The van der Waals surface area contributed by atoms with E-state index in [2.05, 4.69) is 5.32 Å². The number of hydrogen-bond acceptors (Lipinski definition) is 5. The Labute approximate surface area is 169 Å². The van der Waals surface area contributed by atoms with Gasteiger partial charge in [-0.3, -0.25) is 4.79 Å². The zero-order valence-corrected chi connectivity index (χ0v) is 16.9. The van der Waals surface area contributed by atoms with E-state index in [0.29, 0.717) is 29.5 Å². The Morgan fingerprint density at radius 2 is 1.86 bits per heavy atom. The predicted molar refractivity (Wildman–Crippen MR) is 106 cm³/mol. The summed E-state index contributed by atoms with van der Waals surface area (Å²) in [6.07, 6.45) is 0.0260. The van der Waals surface area contributed by atoms with Crippen LogP contribution in [-0.2, 0) is 26.0 Å². The monoisotopic (exact) mass is 424 g/mol. The van der Waals surface area contributed by atoms with Gasteiger partial charge in [0, 0.05) is 23.8 Å². The van der Waals surface area contributed by atoms with Gasteiger partial charge < -0.3 is 14.8 Å². The Morgan fingerprint density at radius 3 is 2.50 bits per heavy atom. The summed E-state index contributed by atoms with van der Waals surface area (Å²) in [6, 6.07) is 11.5. The van der Waals surface area contributed by atoms with Gasteiger partial charge in [0.1, 0.15) is 10.6 Å². The molecule has 1 fully saturated rings. The third-order valence-corrected chi connectivity index (χ3v) is 6.48. The van der Waals surface area contributed by atoms with E-state index in [9.17, 15) is 13.2 Å². The molecule has 0 unspecified atom stereocenters. The largest absolute Gasteiger partial charge is 0.495 e. The minimum atomic E-state index is -3.74. The molecule has 2 aromatic rings. The molecule has 7 nitrogen and oxygen atoms in total. The number of amides is 1. The number of rotatable bonds is 6. The molecule has 0 bridgehead atoms. The second kappa shape index (κ2) is 8.91. The number of carbonyl (C=O) groups excluding carboxylic acids is 1. The third-order valence-electron chi connectivity index (χ3n) is 4.31. The van der Waals surface area contributed by atoms with Crippen LogP contribution in [0.3, 0.4) is 0 Å². The highest BCUT2D eigenvalue weighted by Gasteiger charge is 2.29. The van der Waals surface area contributed by atoms with E-state index in [1.165, 1.54) is 17.5 Å². The SMILES string of the molecule is COc1ccc(CC(=O)Nc2ccc(Cl)cc2)cc1S(=O)(=O)N1CCOCC1. The third kappa shape index (κ3) is 4.82. The number of carbonyl (C=O) groups is 1. The zero-order chi connectivity index (χ0) is 20.1. The molecule has 28 heavy (non-hydrogen) atoms. The van der Waals surface area contributed by atoms with Gasteiger partial charge in [0.05, 0.1) is 26.7 Å². The lowest BCUT2D eigenvalue weighted by molar-refractivity contribution is -0.115. The summed E-state index contributed by atoms with van der Waals surface area (Å²) in [4.78, 5) is 12.4. The molecule has 9 heteroatoms. The Balaban J connectivity index is 1.80. The zero-order valence-electron chi connectivity index (χ0n) is 15.4. The lowest BCUT2D eigenvalue weighted by Crippen LogP contribution is -2.40. The fourth-order valence-corrected chi connectivity index (χ4v) is 4.62. The van der Waals surface area contributed by atoms with Gasteiger partial charge in [0.15, 0.2) is 0 Å². The van der Waals surface area contributed by atoms with Gasteiger partial charge in [-0.2, -0.15) is 4.31 Å². The van der Waals surface area contributed by atoms with Crippen molar-refractivity contribution in [2.24, 2.45) is 0 Å². The summed E-state index contributed by atoms with van der Waals surface area (Å²) in [5, 5.41) is 3.34. The number of nitrogens with zero attached hydrogens (tertiary/aromatic N) is 1. The summed E-state index contributed by atoms with van der Waals surface area (Å²) < 4.78 is 37.8. The highest BCUT2D eigenvalue weighted by atomic mass is 35.5. The quantitative estimate of drug-likeness (QED) is 0.770. The summed E-state index contributed by atoms with van der Waals surface area (Å²) in [5.41, 5.74) is 1.18. The second-order valence-electron chi connectivity index (χ2n) is 6.23. The molecule has 0 atom stereocenters. The van der Waals surface area contributed by atoms with Crippen LogP contribution in [0.5, 0.6) is 5.75 Å². The maximum atomic E-state index is 13.0. The molecule has 1 aliphatic rings. The van der Waals surface area contributed by atoms with Crippen LogP contribution in [0, 0.1) is 0 Å². The maximum absolute atomic E-state index is 13.0. The van der Waals surface area contributed by atoms with Crippen molar-refractivity contribution in [3.63, 3.8) is 0 Å². The smallest absolute Gasteiger partial charge is 0.246 e. The molecule has 1 aliphatic heterocycles. The lowest BCUT2D eigenvalue weighted by Gasteiger charge is -2.26. The molecule has 3 rings (SSSR count). The first-order chi connectivity index (χ1) is 13.4. The van der Waals surface area contributed by atoms with E-state index in [0.717, 1.165) is 0 Å². The molecule has 0 aromatic heterocycles. The molecular weight excluding hydrogens is 404 g/mol. The number of sulfonamides is 1. The van der Waals surface area contributed by atoms with E-state index in [-0.39, 0.29) is 36.1 Å². The summed E-state index contributed by atoms with van der Waals surface area (Å²) in [6.45, 7) is 1.27. The number of benzene rings is 2. The fourth-order valence-electron chi connectivity index (χ4n) is 2.88. The minimum Gasteiger partial charge on any atom is -0.495 e. The highest BCUT2D eigenvalue weighted by molar-refractivity contribution is 7.89. The normalized spacial score (nSPS) is 15.2. The molecule has 1 amide bonds. The highest BCUT2D eigenvalue weighted by Crippen LogP contribution is 2.28. The number of anilines is 1. The van der Waals surface area contributed by atoms with Gasteiger partial charge in [-0.05, 0) is 42.0 Å². The topological polar surface area (TPSA) is 84.9 Å². The average Bonchev–Trinajstić information content (AvgIpc) is 2.70. The first kappa shape index (κ1) is 20.6. The van der Waals surface area contributed by atoms with Crippen LogP contribution in [0.1, 0.15) is 5.56 Å². The van der Waals surface area contributed by atoms with E-state index in [1.54, 1.807) is 36.4 Å². The van der Waals surface area contributed by atoms with E-state index >= 15 is 0 Å². The van der Waals surface area contributed by atoms with Crippen molar-refractivity contribution >= 4 is 33.2 Å².